The van der Waals surface area contributed by atoms with E-state index in [1.807, 2.05) is 36.4 Å². The van der Waals surface area contributed by atoms with Crippen molar-refractivity contribution >= 4 is 17.6 Å². The molecule has 7 nitrogen and oxygen atoms in total. The minimum atomic E-state index is -1.05. The number of carbonyl (C=O) groups excluding carboxylic acids is 1. The van der Waals surface area contributed by atoms with Gasteiger partial charge >= 0.3 is 5.97 Å². The molecule has 1 amide bonds. The molecule has 1 heterocycles. The SMILES string of the molecule is COc1ccc([C@H]2c3cc(OC)c(OC)cc3CC(=O)N2c2cccc(C(=O)O)c2)cc1. The number of anilines is 1. The summed E-state index contributed by atoms with van der Waals surface area (Å²) in [5, 5.41) is 9.45. The smallest absolute Gasteiger partial charge is 0.335 e. The first-order chi connectivity index (χ1) is 15.5. The molecule has 7 heteroatoms. The van der Waals surface area contributed by atoms with Gasteiger partial charge in [0.1, 0.15) is 5.75 Å². The summed E-state index contributed by atoms with van der Waals surface area (Å²) in [6.45, 7) is 0. The summed E-state index contributed by atoms with van der Waals surface area (Å²) in [5.74, 6) is 0.604. The van der Waals surface area contributed by atoms with Gasteiger partial charge in [-0.1, -0.05) is 18.2 Å². The summed E-state index contributed by atoms with van der Waals surface area (Å²) in [6.07, 6.45) is 0.152. The molecule has 1 N–H and O–H groups in total. The zero-order valence-electron chi connectivity index (χ0n) is 18.0. The Labute approximate surface area is 185 Å². The van der Waals surface area contributed by atoms with E-state index in [0.717, 1.165) is 16.7 Å². The average molecular weight is 433 g/mol. The number of ether oxygens (including phenoxy) is 3. The van der Waals surface area contributed by atoms with Gasteiger partial charge in [0.05, 0.1) is 39.4 Å². The Bertz CT molecular complexity index is 1170. The van der Waals surface area contributed by atoms with Gasteiger partial charge < -0.3 is 24.2 Å². The number of nitrogens with zero attached hydrogens (tertiary/aromatic N) is 1. The van der Waals surface area contributed by atoms with E-state index < -0.39 is 12.0 Å². The second-order valence-electron chi connectivity index (χ2n) is 7.38. The summed E-state index contributed by atoms with van der Waals surface area (Å²) < 4.78 is 16.2. The molecule has 3 aromatic rings. The quantitative estimate of drug-likeness (QED) is 0.630. The molecule has 1 aliphatic heterocycles. The van der Waals surface area contributed by atoms with E-state index in [9.17, 15) is 14.7 Å². The Morgan fingerprint density at radius 1 is 0.938 bits per heavy atom. The number of methoxy groups -OCH3 is 3. The molecule has 1 atom stereocenters. The minimum absolute atomic E-state index is 0.113. The highest BCUT2D eigenvalue weighted by Crippen LogP contribution is 2.43. The zero-order valence-corrected chi connectivity index (χ0v) is 18.0. The van der Waals surface area contributed by atoms with Crippen LogP contribution in [-0.4, -0.2) is 38.3 Å². The summed E-state index contributed by atoms with van der Waals surface area (Å²) in [7, 11) is 4.71. The third-order valence-electron chi connectivity index (χ3n) is 5.61. The van der Waals surface area contributed by atoms with Gasteiger partial charge in [-0.2, -0.15) is 0 Å². The first-order valence-corrected chi connectivity index (χ1v) is 10.0. The average Bonchev–Trinajstić information content (AvgIpc) is 2.82. The monoisotopic (exact) mass is 433 g/mol. The summed E-state index contributed by atoms with van der Waals surface area (Å²) >= 11 is 0. The minimum Gasteiger partial charge on any atom is -0.497 e. The molecule has 0 spiro atoms. The summed E-state index contributed by atoms with van der Waals surface area (Å²) in [6, 6.07) is 17.1. The van der Waals surface area contributed by atoms with Crippen LogP contribution >= 0.6 is 0 Å². The Morgan fingerprint density at radius 3 is 2.25 bits per heavy atom. The van der Waals surface area contributed by atoms with Crippen molar-refractivity contribution in [3.05, 3.63) is 82.9 Å². The van der Waals surface area contributed by atoms with E-state index >= 15 is 0 Å². The molecule has 0 saturated carbocycles. The maximum absolute atomic E-state index is 13.4. The standard InChI is InChI=1S/C25H23NO6/c1-30-19-9-7-15(8-10-19)24-20-14-22(32-3)21(31-2)12-17(20)13-23(27)26(24)18-6-4-5-16(11-18)25(28)29/h4-12,14,24H,13H2,1-3H3,(H,28,29)/t24-/m0/s1. The van der Waals surface area contributed by atoms with Gasteiger partial charge in [-0.3, -0.25) is 4.79 Å². The van der Waals surface area contributed by atoms with Crippen LogP contribution in [0.25, 0.3) is 0 Å². The highest BCUT2D eigenvalue weighted by atomic mass is 16.5. The van der Waals surface area contributed by atoms with Crippen molar-refractivity contribution < 1.29 is 28.9 Å². The van der Waals surface area contributed by atoms with Gasteiger partial charge in [0.25, 0.3) is 0 Å². The number of fused-ring (bicyclic) bond motifs is 1. The van der Waals surface area contributed by atoms with Crippen molar-refractivity contribution in [1.82, 2.24) is 0 Å². The number of aromatic carboxylic acids is 1. The maximum Gasteiger partial charge on any atom is 0.335 e. The zero-order chi connectivity index (χ0) is 22.8. The molecule has 3 aromatic carbocycles. The predicted octanol–water partition coefficient (Wildman–Crippen LogP) is 4.09. The van der Waals surface area contributed by atoms with Crippen LogP contribution in [0.4, 0.5) is 5.69 Å². The summed E-state index contributed by atoms with van der Waals surface area (Å²) in [5.41, 5.74) is 3.19. The van der Waals surface area contributed by atoms with Crippen LogP contribution in [0.1, 0.15) is 33.1 Å². The highest BCUT2D eigenvalue weighted by molar-refractivity contribution is 5.99. The lowest BCUT2D eigenvalue weighted by Gasteiger charge is -2.38. The van der Waals surface area contributed by atoms with Crippen LogP contribution in [0, 0.1) is 0 Å². The number of rotatable bonds is 6. The highest BCUT2D eigenvalue weighted by Gasteiger charge is 2.36. The molecule has 4 rings (SSSR count). The van der Waals surface area contributed by atoms with E-state index in [-0.39, 0.29) is 17.9 Å². The van der Waals surface area contributed by atoms with E-state index in [1.165, 1.54) is 12.1 Å². The summed E-state index contributed by atoms with van der Waals surface area (Å²) in [4.78, 5) is 26.6. The van der Waals surface area contributed by atoms with Crippen LogP contribution in [0.15, 0.2) is 60.7 Å². The van der Waals surface area contributed by atoms with E-state index in [2.05, 4.69) is 0 Å². The van der Waals surface area contributed by atoms with Crippen LogP contribution in [0.3, 0.4) is 0 Å². The Morgan fingerprint density at radius 2 is 1.62 bits per heavy atom. The Balaban J connectivity index is 1.93. The Hall–Kier alpha value is -4.00. The van der Waals surface area contributed by atoms with Crippen LogP contribution in [-0.2, 0) is 11.2 Å². The third-order valence-corrected chi connectivity index (χ3v) is 5.61. The normalized spacial score (nSPS) is 15.2. The first kappa shape index (κ1) is 21.2. The molecular formula is C25H23NO6. The van der Waals surface area contributed by atoms with Crippen molar-refractivity contribution in [3.63, 3.8) is 0 Å². The van der Waals surface area contributed by atoms with Crippen LogP contribution in [0.5, 0.6) is 17.2 Å². The fourth-order valence-corrected chi connectivity index (χ4v) is 4.07. The molecule has 1 aliphatic rings. The van der Waals surface area contributed by atoms with Gasteiger partial charge in [0.15, 0.2) is 11.5 Å². The Kier molecular flexibility index (Phi) is 5.73. The second kappa shape index (κ2) is 8.63. The number of carboxylic acids is 1. The predicted molar refractivity (Wildman–Crippen MR) is 119 cm³/mol. The first-order valence-electron chi connectivity index (χ1n) is 10.0. The molecule has 164 valence electrons. The molecule has 0 radical (unpaired) electrons. The number of benzene rings is 3. The topological polar surface area (TPSA) is 85.3 Å². The van der Waals surface area contributed by atoms with Gasteiger partial charge in [0.2, 0.25) is 5.91 Å². The lowest BCUT2D eigenvalue weighted by Crippen LogP contribution is -2.41. The van der Waals surface area contributed by atoms with Crippen molar-refractivity contribution in [2.45, 2.75) is 12.5 Å². The van der Waals surface area contributed by atoms with Gasteiger partial charge in [0, 0.05) is 5.69 Å². The van der Waals surface area contributed by atoms with Gasteiger partial charge in [-0.15, -0.1) is 0 Å². The maximum atomic E-state index is 13.4. The van der Waals surface area contributed by atoms with Crippen LogP contribution in [0.2, 0.25) is 0 Å². The van der Waals surface area contributed by atoms with E-state index in [1.54, 1.807) is 38.4 Å². The van der Waals surface area contributed by atoms with E-state index in [4.69, 9.17) is 14.2 Å². The number of carboxylic acid groups (broad SMARTS) is 1. The van der Waals surface area contributed by atoms with Crippen molar-refractivity contribution in [2.24, 2.45) is 0 Å². The van der Waals surface area contributed by atoms with E-state index in [0.29, 0.717) is 22.9 Å². The van der Waals surface area contributed by atoms with Crippen molar-refractivity contribution in [2.75, 3.05) is 26.2 Å². The second-order valence-corrected chi connectivity index (χ2v) is 7.38. The molecule has 0 bridgehead atoms. The number of hydrogen-bond donors (Lipinski definition) is 1. The number of carbonyl (C=O) groups is 2. The molecule has 0 saturated heterocycles. The van der Waals surface area contributed by atoms with Crippen molar-refractivity contribution in [1.29, 1.82) is 0 Å². The molecule has 0 aromatic heterocycles. The fraction of sp³-hybridized carbons (Fsp3) is 0.200. The van der Waals surface area contributed by atoms with Crippen LogP contribution < -0.4 is 19.1 Å². The molecule has 0 fully saturated rings. The third kappa shape index (κ3) is 3.73. The lowest BCUT2D eigenvalue weighted by molar-refractivity contribution is -0.118. The molecule has 0 aliphatic carbocycles. The van der Waals surface area contributed by atoms with Gasteiger partial charge in [-0.25, -0.2) is 4.79 Å². The fourth-order valence-electron chi connectivity index (χ4n) is 4.07. The molecule has 0 unspecified atom stereocenters. The largest absolute Gasteiger partial charge is 0.497 e. The number of hydrogen-bond acceptors (Lipinski definition) is 5. The van der Waals surface area contributed by atoms with Gasteiger partial charge in [-0.05, 0) is 59.2 Å². The number of amides is 1. The van der Waals surface area contributed by atoms with Crippen molar-refractivity contribution in [3.8, 4) is 17.2 Å². The lowest BCUT2D eigenvalue weighted by atomic mass is 9.86. The molecule has 32 heavy (non-hydrogen) atoms. The molecular weight excluding hydrogens is 410 g/mol.